The van der Waals surface area contributed by atoms with Gasteiger partial charge in [-0.05, 0) is 49.2 Å². The van der Waals surface area contributed by atoms with Crippen LogP contribution in [0.25, 0.3) is 0 Å². The van der Waals surface area contributed by atoms with Crippen molar-refractivity contribution in [3.63, 3.8) is 0 Å². The van der Waals surface area contributed by atoms with Crippen molar-refractivity contribution in [1.29, 1.82) is 0 Å². The monoisotopic (exact) mass is 639 g/mol. The molecule has 244 valence electrons. The second kappa shape index (κ2) is 12.6. The van der Waals surface area contributed by atoms with Crippen LogP contribution in [-0.4, -0.2) is 83.3 Å². The third-order valence-corrected chi connectivity index (χ3v) is 7.85. The van der Waals surface area contributed by atoms with Crippen molar-refractivity contribution in [2.24, 2.45) is 22.9 Å². The van der Waals surface area contributed by atoms with Crippen LogP contribution in [0.1, 0.15) is 29.6 Å². The van der Waals surface area contributed by atoms with Crippen LogP contribution in [0.2, 0.25) is 0 Å². The summed E-state index contributed by atoms with van der Waals surface area (Å²) in [6, 6.07) is 9.90. The zero-order chi connectivity index (χ0) is 32.6. The van der Waals surface area contributed by atoms with E-state index in [4.69, 9.17) is 27.9 Å². The Hall–Kier alpha value is -4.71. The van der Waals surface area contributed by atoms with Crippen LogP contribution < -0.4 is 52.8 Å². The minimum atomic E-state index is -3.78. The summed E-state index contributed by atoms with van der Waals surface area (Å²) in [4.78, 5) is 43.3. The first kappa shape index (κ1) is 31.3. The molecule has 4 atom stereocenters. The fourth-order valence-corrected chi connectivity index (χ4v) is 5.79. The quantitative estimate of drug-likeness (QED) is 0.141. The molecule has 0 aliphatic carbocycles. The maximum atomic E-state index is 13.3. The van der Waals surface area contributed by atoms with Gasteiger partial charge in [0.15, 0.2) is 17.3 Å². The van der Waals surface area contributed by atoms with E-state index in [-0.39, 0.29) is 52.9 Å². The van der Waals surface area contributed by atoms with Crippen LogP contribution >= 0.6 is 0 Å². The number of rotatable bonds is 9. The molecule has 46 heavy (non-hydrogen) atoms. The number of nitrogens with one attached hydrogen (secondary N) is 2. The Kier molecular flexibility index (Phi) is 8.56. The van der Waals surface area contributed by atoms with E-state index in [1.54, 1.807) is 24.3 Å². The standard InChI is InChI=1S/C29H35F2N11O4/c30-29(31)45-23-6-5-20(9-24(23)46-29)36-25(44)10-22(43)15-1-3-19(4-2-15)37-26-38-27(41-12-16(33)7-17(34)13-41)40-28(39-26)42-14-18(35)8-21(42)11-32/h1-6,9,16-18,21H,7-8,10-14,32-35H2,(H,36,44)(H,37,38,39,40)/t16-,17+,18-,21-/m1/s1. The molecule has 2 aromatic carbocycles. The van der Waals surface area contributed by atoms with Crippen LogP contribution in [0.5, 0.6) is 11.5 Å². The number of ether oxygens (including phenoxy) is 2. The highest BCUT2D eigenvalue weighted by Gasteiger charge is 2.43. The molecule has 2 fully saturated rings. The highest BCUT2D eigenvalue weighted by Crippen LogP contribution is 2.42. The summed E-state index contributed by atoms with van der Waals surface area (Å²) in [5, 5.41) is 5.68. The van der Waals surface area contributed by atoms with Gasteiger partial charge in [0.05, 0.1) is 6.42 Å². The summed E-state index contributed by atoms with van der Waals surface area (Å²) in [7, 11) is 0. The number of nitrogens with two attached hydrogens (primary N) is 4. The number of fused-ring (bicyclic) bond motifs is 1. The Balaban J connectivity index is 1.14. The van der Waals surface area contributed by atoms with Crippen molar-refractivity contribution in [1.82, 2.24) is 15.0 Å². The maximum Gasteiger partial charge on any atom is 0.586 e. The molecule has 6 rings (SSSR count). The van der Waals surface area contributed by atoms with Crippen LogP contribution in [0.15, 0.2) is 42.5 Å². The Bertz CT molecular complexity index is 1600. The van der Waals surface area contributed by atoms with E-state index in [0.29, 0.717) is 56.6 Å². The van der Waals surface area contributed by atoms with Crippen LogP contribution in [0, 0.1) is 0 Å². The molecule has 3 aliphatic heterocycles. The molecule has 17 heteroatoms. The molecule has 10 N–H and O–H groups in total. The van der Waals surface area contributed by atoms with Gasteiger partial charge in [-0.15, -0.1) is 8.78 Å². The van der Waals surface area contributed by atoms with Gasteiger partial charge in [-0.3, -0.25) is 9.59 Å². The van der Waals surface area contributed by atoms with Crippen LogP contribution in [-0.2, 0) is 4.79 Å². The summed E-state index contributed by atoms with van der Waals surface area (Å²) in [6.07, 6.45) is -2.84. The molecule has 0 unspecified atom stereocenters. The number of piperidine rings is 1. The van der Waals surface area contributed by atoms with Crippen molar-refractivity contribution >= 4 is 40.9 Å². The number of halogens is 2. The average Bonchev–Trinajstić information content (AvgIpc) is 3.53. The molecule has 4 heterocycles. The molecule has 0 radical (unpaired) electrons. The molecule has 2 saturated heterocycles. The number of benzene rings is 2. The van der Waals surface area contributed by atoms with E-state index in [1.807, 2.05) is 9.80 Å². The van der Waals surface area contributed by atoms with Crippen LogP contribution in [0.3, 0.4) is 0 Å². The lowest BCUT2D eigenvalue weighted by molar-refractivity contribution is -0.286. The molecular weight excluding hydrogens is 604 g/mol. The summed E-state index contributed by atoms with van der Waals surface area (Å²) in [6.45, 7) is 2.00. The van der Waals surface area contributed by atoms with Gasteiger partial charge in [0.25, 0.3) is 0 Å². The highest BCUT2D eigenvalue weighted by molar-refractivity contribution is 6.11. The number of amides is 1. The van der Waals surface area contributed by atoms with Gasteiger partial charge in [0.2, 0.25) is 23.8 Å². The minimum absolute atomic E-state index is 0.0266. The van der Waals surface area contributed by atoms with Gasteiger partial charge in [-0.25, -0.2) is 0 Å². The maximum absolute atomic E-state index is 13.3. The molecule has 3 aliphatic rings. The van der Waals surface area contributed by atoms with Crippen molar-refractivity contribution < 1.29 is 27.8 Å². The second-order valence-corrected chi connectivity index (χ2v) is 11.6. The lowest BCUT2D eigenvalue weighted by Gasteiger charge is -2.35. The number of carbonyl (C=O) groups is 2. The van der Waals surface area contributed by atoms with E-state index < -0.39 is 24.4 Å². The smallest absolute Gasteiger partial charge is 0.395 e. The second-order valence-electron chi connectivity index (χ2n) is 11.6. The van der Waals surface area contributed by atoms with Gasteiger partial charge in [0, 0.05) is 73.4 Å². The van der Waals surface area contributed by atoms with Gasteiger partial charge in [-0.1, -0.05) is 0 Å². The fourth-order valence-electron chi connectivity index (χ4n) is 5.79. The van der Waals surface area contributed by atoms with Crippen molar-refractivity contribution in [2.75, 3.05) is 46.6 Å². The first-order valence-corrected chi connectivity index (χ1v) is 14.8. The first-order valence-electron chi connectivity index (χ1n) is 14.8. The lowest BCUT2D eigenvalue weighted by atomic mass is 10.0. The van der Waals surface area contributed by atoms with Gasteiger partial charge < -0.3 is 52.8 Å². The predicted molar refractivity (Wildman–Crippen MR) is 165 cm³/mol. The largest absolute Gasteiger partial charge is 0.586 e. The van der Waals surface area contributed by atoms with Crippen molar-refractivity contribution in [2.45, 2.75) is 49.7 Å². The van der Waals surface area contributed by atoms with Gasteiger partial charge in [0.1, 0.15) is 0 Å². The number of nitrogens with zero attached hydrogens (tertiary/aromatic N) is 5. The number of hydrogen-bond donors (Lipinski definition) is 6. The predicted octanol–water partition coefficient (Wildman–Crippen LogP) is 0.878. The average molecular weight is 640 g/mol. The molecule has 3 aromatic rings. The molecule has 0 saturated carbocycles. The summed E-state index contributed by atoms with van der Waals surface area (Å²) in [5.74, 6) is -0.335. The van der Waals surface area contributed by atoms with E-state index in [2.05, 4.69) is 30.1 Å². The zero-order valence-electron chi connectivity index (χ0n) is 24.7. The topological polar surface area (TPSA) is 226 Å². The normalized spacial score (nSPS) is 23.3. The van der Waals surface area contributed by atoms with Gasteiger partial charge >= 0.3 is 6.29 Å². The van der Waals surface area contributed by atoms with Crippen molar-refractivity contribution in [3.05, 3.63) is 48.0 Å². The Morgan fingerprint density at radius 3 is 2.24 bits per heavy atom. The number of hydrogen-bond acceptors (Lipinski definition) is 14. The summed E-state index contributed by atoms with van der Waals surface area (Å²) < 4.78 is 35.3. The highest BCUT2D eigenvalue weighted by atomic mass is 19.3. The fraction of sp³-hybridized carbons (Fsp3) is 0.414. The van der Waals surface area contributed by atoms with Gasteiger partial charge in [-0.2, -0.15) is 15.0 Å². The number of aromatic nitrogens is 3. The van der Waals surface area contributed by atoms with E-state index in [1.165, 1.54) is 18.2 Å². The Morgan fingerprint density at radius 2 is 1.52 bits per heavy atom. The number of alkyl halides is 2. The number of anilines is 5. The molecule has 1 amide bonds. The van der Waals surface area contributed by atoms with E-state index >= 15 is 0 Å². The minimum Gasteiger partial charge on any atom is -0.395 e. The third-order valence-electron chi connectivity index (χ3n) is 7.85. The van der Waals surface area contributed by atoms with E-state index in [9.17, 15) is 18.4 Å². The summed E-state index contributed by atoms with van der Waals surface area (Å²) >= 11 is 0. The molecule has 0 spiro atoms. The third kappa shape index (κ3) is 7.07. The molecular formula is C29H35F2N11O4. The molecule has 0 bridgehead atoms. The Labute approximate surface area is 262 Å². The number of ketones is 1. The molecule has 15 nitrogen and oxygen atoms in total. The lowest BCUT2D eigenvalue weighted by Crippen LogP contribution is -2.53. The number of carbonyl (C=O) groups excluding carboxylic acids is 2. The SMILES string of the molecule is NC[C@H]1C[C@@H](N)CN1c1nc(Nc2ccc(C(=O)CC(=O)Nc3ccc4c(c3)OC(F)(F)O4)cc2)nc(N2C[C@H](N)C[C@H](N)C2)n1. The molecule has 1 aromatic heterocycles. The number of Topliss-reactive ketones (excluding diaryl/α,β-unsaturated/α-hetero) is 1. The first-order chi connectivity index (χ1) is 21.9. The summed E-state index contributed by atoms with van der Waals surface area (Å²) in [5.41, 5.74) is 25.8. The zero-order valence-corrected chi connectivity index (χ0v) is 24.7. The van der Waals surface area contributed by atoms with Crippen molar-refractivity contribution in [3.8, 4) is 11.5 Å². The Morgan fingerprint density at radius 1 is 0.870 bits per heavy atom. The van der Waals surface area contributed by atoms with Crippen LogP contribution in [0.4, 0.5) is 38.0 Å². The van der Waals surface area contributed by atoms with E-state index in [0.717, 1.165) is 0 Å².